The number of carbonyl (C=O) groups excluding carboxylic acids is 1. The van der Waals surface area contributed by atoms with E-state index in [9.17, 15) is 4.79 Å². The molecule has 0 saturated carbocycles. The van der Waals surface area contributed by atoms with Crippen LogP contribution in [0.4, 0.5) is 0 Å². The van der Waals surface area contributed by atoms with Crippen LogP contribution in [0.25, 0.3) is 0 Å². The molecule has 1 N–H and O–H groups in total. The Hall–Kier alpha value is -0.570. The first kappa shape index (κ1) is 11.5. The molecule has 3 heteroatoms. The van der Waals surface area contributed by atoms with E-state index >= 15 is 0 Å². The standard InChI is InChI=1S/C11H22N2O/c1-9(2)13(3)11(14)5-4-10-6-7-12-8-10/h9-10,12H,4-8H2,1-3H3. The molecule has 1 rings (SSSR count). The fraction of sp³-hybridized carbons (Fsp3) is 0.909. The number of hydrogen-bond acceptors (Lipinski definition) is 2. The van der Waals surface area contributed by atoms with E-state index in [1.807, 2.05) is 11.9 Å². The lowest BCUT2D eigenvalue weighted by Gasteiger charge is -2.22. The molecule has 1 unspecified atom stereocenters. The summed E-state index contributed by atoms with van der Waals surface area (Å²) in [6, 6.07) is 0.323. The fourth-order valence-corrected chi connectivity index (χ4v) is 1.75. The van der Waals surface area contributed by atoms with Crippen LogP contribution in [0.2, 0.25) is 0 Å². The lowest BCUT2D eigenvalue weighted by molar-refractivity contribution is -0.131. The summed E-state index contributed by atoms with van der Waals surface area (Å²) in [6.07, 6.45) is 2.99. The molecule has 1 saturated heterocycles. The Morgan fingerprint density at radius 2 is 2.29 bits per heavy atom. The third-order valence-corrected chi connectivity index (χ3v) is 3.10. The number of hydrogen-bond donors (Lipinski definition) is 1. The second-order valence-corrected chi connectivity index (χ2v) is 4.50. The van der Waals surface area contributed by atoms with Gasteiger partial charge in [0.05, 0.1) is 0 Å². The summed E-state index contributed by atoms with van der Waals surface area (Å²) in [4.78, 5) is 13.5. The van der Waals surface area contributed by atoms with Gasteiger partial charge in [-0.05, 0) is 45.7 Å². The zero-order chi connectivity index (χ0) is 10.6. The maximum Gasteiger partial charge on any atom is 0.222 e. The fourth-order valence-electron chi connectivity index (χ4n) is 1.75. The number of nitrogens with zero attached hydrogens (tertiary/aromatic N) is 1. The van der Waals surface area contributed by atoms with Crippen molar-refractivity contribution >= 4 is 5.91 Å². The molecule has 1 heterocycles. The number of carbonyl (C=O) groups is 1. The second kappa shape index (κ2) is 5.35. The number of rotatable bonds is 4. The minimum absolute atomic E-state index is 0.284. The van der Waals surface area contributed by atoms with Crippen molar-refractivity contribution in [3.8, 4) is 0 Å². The van der Waals surface area contributed by atoms with Gasteiger partial charge in [-0.3, -0.25) is 4.79 Å². The van der Waals surface area contributed by atoms with Gasteiger partial charge >= 0.3 is 0 Å². The molecule has 0 aromatic heterocycles. The molecule has 1 atom stereocenters. The SMILES string of the molecule is CC(C)N(C)C(=O)CCC1CCNC1. The van der Waals surface area contributed by atoms with Gasteiger partial charge in [0, 0.05) is 19.5 Å². The van der Waals surface area contributed by atoms with Crippen LogP contribution in [0.3, 0.4) is 0 Å². The highest BCUT2D eigenvalue weighted by Crippen LogP contribution is 2.15. The Bertz CT molecular complexity index is 186. The Morgan fingerprint density at radius 1 is 1.57 bits per heavy atom. The van der Waals surface area contributed by atoms with E-state index in [-0.39, 0.29) is 5.91 Å². The summed E-state index contributed by atoms with van der Waals surface area (Å²) in [6.45, 7) is 6.32. The smallest absolute Gasteiger partial charge is 0.222 e. The van der Waals surface area contributed by atoms with Crippen LogP contribution in [0.1, 0.15) is 33.1 Å². The number of nitrogens with one attached hydrogen (secondary N) is 1. The molecule has 1 aliphatic heterocycles. The Balaban J connectivity index is 2.19. The van der Waals surface area contributed by atoms with E-state index in [0.29, 0.717) is 12.5 Å². The van der Waals surface area contributed by atoms with Gasteiger partial charge in [-0.15, -0.1) is 0 Å². The molecule has 0 aliphatic carbocycles. The van der Waals surface area contributed by atoms with Gasteiger partial charge in [0.2, 0.25) is 5.91 Å². The summed E-state index contributed by atoms with van der Waals surface area (Å²) in [5, 5.41) is 3.32. The lowest BCUT2D eigenvalue weighted by Crippen LogP contribution is -2.33. The van der Waals surface area contributed by atoms with Crippen LogP contribution in [-0.4, -0.2) is 37.0 Å². The average Bonchev–Trinajstić information content (AvgIpc) is 2.65. The molecule has 0 bridgehead atoms. The first-order valence-corrected chi connectivity index (χ1v) is 5.57. The highest BCUT2D eigenvalue weighted by atomic mass is 16.2. The van der Waals surface area contributed by atoms with Crippen LogP contribution in [0.15, 0.2) is 0 Å². The van der Waals surface area contributed by atoms with Crippen molar-refractivity contribution in [2.45, 2.75) is 39.2 Å². The first-order chi connectivity index (χ1) is 6.61. The molecule has 14 heavy (non-hydrogen) atoms. The largest absolute Gasteiger partial charge is 0.343 e. The van der Waals surface area contributed by atoms with E-state index in [1.54, 1.807) is 0 Å². The molecule has 0 aromatic carbocycles. The predicted octanol–water partition coefficient (Wildman–Crippen LogP) is 1.24. The molecule has 1 aliphatic rings. The Morgan fingerprint density at radius 3 is 2.79 bits per heavy atom. The van der Waals surface area contributed by atoms with Gasteiger partial charge in [0.1, 0.15) is 0 Å². The van der Waals surface area contributed by atoms with Gasteiger partial charge in [0.25, 0.3) is 0 Å². The Labute approximate surface area is 86.9 Å². The quantitative estimate of drug-likeness (QED) is 0.737. The molecule has 1 fully saturated rings. The van der Waals surface area contributed by atoms with E-state index in [1.165, 1.54) is 6.42 Å². The highest BCUT2D eigenvalue weighted by Gasteiger charge is 2.17. The third-order valence-electron chi connectivity index (χ3n) is 3.10. The minimum Gasteiger partial charge on any atom is -0.343 e. The molecular weight excluding hydrogens is 176 g/mol. The molecular formula is C11H22N2O. The van der Waals surface area contributed by atoms with Crippen LogP contribution < -0.4 is 5.32 Å². The van der Waals surface area contributed by atoms with Crippen molar-refractivity contribution in [3.63, 3.8) is 0 Å². The van der Waals surface area contributed by atoms with Gasteiger partial charge in [-0.1, -0.05) is 0 Å². The summed E-state index contributed by atoms with van der Waals surface area (Å²) < 4.78 is 0. The van der Waals surface area contributed by atoms with Crippen molar-refractivity contribution in [1.82, 2.24) is 10.2 Å². The molecule has 0 radical (unpaired) electrons. The maximum absolute atomic E-state index is 11.6. The second-order valence-electron chi connectivity index (χ2n) is 4.50. The van der Waals surface area contributed by atoms with Crippen molar-refractivity contribution < 1.29 is 4.79 Å². The first-order valence-electron chi connectivity index (χ1n) is 5.57. The van der Waals surface area contributed by atoms with Crippen molar-refractivity contribution in [1.29, 1.82) is 0 Å². The maximum atomic E-state index is 11.6. The van der Waals surface area contributed by atoms with Crippen molar-refractivity contribution in [2.24, 2.45) is 5.92 Å². The van der Waals surface area contributed by atoms with Crippen LogP contribution in [0.5, 0.6) is 0 Å². The van der Waals surface area contributed by atoms with E-state index in [2.05, 4.69) is 19.2 Å². The zero-order valence-electron chi connectivity index (χ0n) is 9.55. The predicted molar refractivity (Wildman–Crippen MR) is 58.1 cm³/mol. The van der Waals surface area contributed by atoms with E-state index in [0.717, 1.165) is 25.4 Å². The van der Waals surface area contributed by atoms with Crippen LogP contribution in [-0.2, 0) is 4.79 Å². The van der Waals surface area contributed by atoms with Crippen LogP contribution >= 0.6 is 0 Å². The molecule has 1 amide bonds. The van der Waals surface area contributed by atoms with Crippen LogP contribution in [0, 0.1) is 5.92 Å². The van der Waals surface area contributed by atoms with Gasteiger partial charge in [-0.25, -0.2) is 0 Å². The third kappa shape index (κ3) is 3.29. The molecule has 82 valence electrons. The van der Waals surface area contributed by atoms with E-state index < -0.39 is 0 Å². The van der Waals surface area contributed by atoms with Crippen molar-refractivity contribution in [2.75, 3.05) is 20.1 Å². The summed E-state index contributed by atoms with van der Waals surface area (Å²) >= 11 is 0. The van der Waals surface area contributed by atoms with Gasteiger partial charge < -0.3 is 10.2 Å². The van der Waals surface area contributed by atoms with Gasteiger partial charge in [0.15, 0.2) is 0 Å². The minimum atomic E-state index is 0.284. The molecule has 3 nitrogen and oxygen atoms in total. The number of amides is 1. The zero-order valence-corrected chi connectivity index (χ0v) is 9.55. The Kier molecular flexibility index (Phi) is 4.39. The summed E-state index contributed by atoms with van der Waals surface area (Å²) in [5.41, 5.74) is 0. The monoisotopic (exact) mass is 198 g/mol. The summed E-state index contributed by atoms with van der Waals surface area (Å²) in [7, 11) is 1.89. The van der Waals surface area contributed by atoms with Crippen molar-refractivity contribution in [3.05, 3.63) is 0 Å². The average molecular weight is 198 g/mol. The lowest BCUT2D eigenvalue weighted by atomic mass is 10.0. The normalized spacial score (nSPS) is 21.6. The van der Waals surface area contributed by atoms with Gasteiger partial charge in [-0.2, -0.15) is 0 Å². The molecule has 0 aromatic rings. The van der Waals surface area contributed by atoms with E-state index in [4.69, 9.17) is 0 Å². The topological polar surface area (TPSA) is 32.3 Å². The highest BCUT2D eigenvalue weighted by molar-refractivity contribution is 5.76. The summed E-state index contributed by atoms with van der Waals surface area (Å²) in [5.74, 6) is 1.01. The molecule has 0 spiro atoms.